The zero-order valence-electron chi connectivity index (χ0n) is 12.4. The first kappa shape index (κ1) is 13.6. The summed E-state index contributed by atoms with van der Waals surface area (Å²) in [4.78, 5) is 0. The highest BCUT2D eigenvalue weighted by Gasteiger charge is 2.34. The van der Waals surface area contributed by atoms with Crippen molar-refractivity contribution in [1.82, 2.24) is 0 Å². The van der Waals surface area contributed by atoms with Crippen LogP contribution in [0.1, 0.15) is 58.4 Å². The number of hydrogen-bond acceptors (Lipinski definition) is 0. The van der Waals surface area contributed by atoms with Crippen LogP contribution >= 0.6 is 0 Å². The predicted molar refractivity (Wildman–Crippen MR) is 79.7 cm³/mol. The van der Waals surface area contributed by atoms with E-state index in [1.807, 2.05) is 0 Å². The molecule has 0 nitrogen and oxygen atoms in total. The van der Waals surface area contributed by atoms with Crippen LogP contribution < -0.4 is 0 Å². The van der Waals surface area contributed by atoms with E-state index in [0.29, 0.717) is 5.92 Å². The molecule has 0 aromatic heterocycles. The molecule has 0 radical (unpaired) electrons. The van der Waals surface area contributed by atoms with Crippen LogP contribution in [0.5, 0.6) is 0 Å². The van der Waals surface area contributed by atoms with Gasteiger partial charge < -0.3 is 0 Å². The first-order valence-corrected chi connectivity index (χ1v) is 7.64. The van der Waals surface area contributed by atoms with Crippen molar-refractivity contribution in [2.24, 2.45) is 23.7 Å². The molecule has 0 aliphatic heterocycles. The summed E-state index contributed by atoms with van der Waals surface area (Å²) in [7, 11) is 0. The van der Waals surface area contributed by atoms with Crippen LogP contribution in [0.15, 0.2) is 30.3 Å². The maximum absolute atomic E-state index is 2.44. The zero-order valence-corrected chi connectivity index (χ0v) is 12.4. The normalized spacial score (nSPS) is 30.4. The summed E-state index contributed by atoms with van der Waals surface area (Å²) in [6.45, 7) is 9.69. The average Bonchev–Trinajstić information content (AvgIpc) is 2.38. The first-order chi connectivity index (χ1) is 8.59. The molecule has 100 valence electrons. The average molecular weight is 244 g/mol. The lowest BCUT2D eigenvalue weighted by molar-refractivity contribution is 0.124. The summed E-state index contributed by atoms with van der Waals surface area (Å²) >= 11 is 0. The molecule has 1 aromatic rings. The highest BCUT2D eigenvalue weighted by Crippen LogP contribution is 2.44. The molecule has 1 aliphatic carbocycles. The topological polar surface area (TPSA) is 0 Å². The second-order valence-electron chi connectivity index (χ2n) is 6.69. The highest BCUT2D eigenvalue weighted by atomic mass is 14.4. The standard InChI is InChI=1S/C18H28/c1-13(2)17-11-10-14(3)12-18(17)15(4)16-8-6-5-7-9-16/h5-9,13-15,17-18H,10-12H2,1-4H3. The first-order valence-electron chi connectivity index (χ1n) is 7.64. The third-order valence-corrected chi connectivity index (χ3v) is 5.04. The second-order valence-corrected chi connectivity index (χ2v) is 6.69. The Kier molecular flexibility index (Phi) is 4.48. The van der Waals surface area contributed by atoms with Crippen molar-refractivity contribution in [3.8, 4) is 0 Å². The van der Waals surface area contributed by atoms with E-state index in [-0.39, 0.29) is 0 Å². The summed E-state index contributed by atoms with van der Waals surface area (Å²) in [5, 5.41) is 0. The van der Waals surface area contributed by atoms with E-state index in [2.05, 4.69) is 58.0 Å². The van der Waals surface area contributed by atoms with Gasteiger partial charge in [-0.3, -0.25) is 0 Å². The molecule has 4 unspecified atom stereocenters. The van der Waals surface area contributed by atoms with Gasteiger partial charge in [-0.05, 0) is 48.0 Å². The summed E-state index contributed by atoms with van der Waals surface area (Å²) in [6.07, 6.45) is 4.28. The molecular formula is C18H28. The van der Waals surface area contributed by atoms with E-state index in [1.54, 1.807) is 0 Å². The molecule has 1 aromatic carbocycles. The van der Waals surface area contributed by atoms with Crippen molar-refractivity contribution in [3.63, 3.8) is 0 Å². The molecule has 2 rings (SSSR count). The Morgan fingerprint density at radius 1 is 0.944 bits per heavy atom. The van der Waals surface area contributed by atoms with Gasteiger partial charge in [0.05, 0.1) is 0 Å². The Bertz CT molecular complexity index is 352. The fourth-order valence-corrected chi connectivity index (χ4v) is 3.85. The summed E-state index contributed by atoms with van der Waals surface area (Å²) < 4.78 is 0. The molecule has 0 heterocycles. The molecule has 0 amide bonds. The van der Waals surface area contributed by atoms with E-state index in [1.165, 1.54) is 24.8 Å². The molecule has 18 heavy (non-hydrogen) atoms. The van der Waals surface area contributed by atoms with Gasteiger partial charge in [0.2, 0.25) is 0 Å². The van der Waals surface area contributed by atoms with E-state index in [4.69, 9.17) is 0 Å². The lowest BCUT2D eigenvalue weighted by Crippen LogP contribution is -2.31. The van der Waals surface area contributed by atoms with Gasteiger partial charge in [-0.1, -0.05) is 64.4 Å². The lowest BCUT2D eigenvalue weighted by Gasteiger charge is -2.41. The Balaban J connectivity index is 2.17. The van der Waals surface area contributed by atoms with Crippen molar-refractivity contribution in [3.05, 3.63) is 35.9 Å². The third-order valence-electron chi connectivity index (χ3n) is 5.04. The Morgan fingerprint density at radius 3 is 2.22 bits per heavy atom. The number of benzene rings is 1. The van der Waals surface area contributed by atoms with Crippen LogP contribution in [0.3, 0.4) is 0 Å². The SMILES string of the molecule is CC1CCC(C(C)C)C(C(C)c2ccccc2)C1. The molecule has 0 heteroatoms. The minimum atomic E-state index is 0.710. The van der Waals surface area contributed by atoms with Crippen LogP contribution in [0, 0.1) is 23.7 Å². The van der Waals surface area contributed by atoms with Gasteiger partial charge in [0.1, 0.15) is 0 Å². The zero-order chi connectivity index (χ0) is 13.1. The Labute approximate surface area is 113 Å². The van der Waals surface area contributed by atoms with Crippen LogP contribution in [0.4, 0.5) is 0 Å². The van der Waals surface area contributed by atoms with Gasteiger partial charge in [0.25, 0.3) is 0 Å². The van der Waals surface area contributed by atoms with Gasteiger partial charge in [-0.15, -0.1) is 0 Å². The van der Waals surface area contributed by atoms with Crippen LogP contribution in [-0.2, 0) is 0 Å². The third kappa shape index (κ3) is 2.96. The number of hydrogen-bond donors (Lipinski definition) is 0. The van der Waals surface area contributed by atoms with E-state index in [9.17, 15) is 0 Å². The minimum Gasteiger partial charge on any atom is -0.0625 e. The molecule has 1 fully saturated rings. The van der Waals surface area contributed by atoms with E-state index < -0.39 is 0 Å². The molecule has 1 aliphatic rings. The monoisotopic (exact) mass is 244 g/mol. The van der Waals surface area contributed by atoms with Crippen molar-refractivity contribution in [2.45, 2.75) is 52.9 Å². The fourth-order valence-electron chi connectivity index (χ4n) is 3.85. The van der Waals surface area contributed by atoms with Crippen LogP contribution in [0.2, 0.25) is 0 Å². The fraction of sp³-hybridized carbons (Fsp3) is 0.667. The van der Waals surface area contributed by atoms with Crippen LogP contribution in [0.25, 0.3) is 0 Å². The van der Waals surface area contributed by atoms with Crippen molar-refractivity contribution in [2.75, 3.05) is 0 Å². The van der Waals surface area contributed by atoms with E-state index >= 15 is 0 Å². The minimum absolute atomic E-state index is 0.710. The summed E-state index contributed by atoms with van der Waals surface area (Å²) in [6, 6.07) is 11.1. The quantitative estimate of drug-likeness (QED) is 0.658. The lowest BCUT2D eigenvalue weighted by atomic mass is 9.64. The van der Waals surface area contributed by atoms with Gasteiger partial charge in [0.15, 0.2) is 0 Å². The molecule has 0 bridgehead atoms. The molecule has 4 atom stereocenters. The highest BCUT2D eigenvalue weighted by molar-refractivity contribution is 5.20. The van der Waals surface area contributed by atoms with Crippen molar-refractivity contribution < 1.29 is 0 Å². The molecular weight excluding hydrogens is 216 g/mol. The summed E-state index contributed by atoms with van der Waals surface area (Å²) in [5.74, 6) is 4.23. The van der Waals surface area contributed by atoms with E-state index in [0.717, 1.165) is 23.7 Å². The molecule has 1 saturated carbocycles. The Hall–Kier alpha value is -0.780. The van der Waals surface area contributed by atoms with Gasteiger partial charge in [0, 0.05) is 0 Å². The van der Waals surface area contributed by atoms with Gasteiger partial charge in [-0.25, -0.2) is 0 Å². The second kappa shape index (κ2) is 5.91. The molecule has 0 spiro atoms. The van der Waals surface area contributed by atoms with Crippen LogP contribution in [-0.4, -0.2) is 0 Å². The predicted octanol–water partition coefficient (Wildman–Crippen LogP) is 5.50. The number of rotatable bonds is 3. The maximum Gasteiger partial charge on any atom is -0.0159 e. The van der Waals surface area contributed by atoms with Gasteiger partial charge >= 0.3 is 0 Å². The van der Waals surface area contributed by atoms with Crippen molar-refractivity contribution >= 4 is 0 Å². The maximum atomic E-state index is 2.44. The van der Waals surface area contributed by atoms with Gasteiger partial charge in [-0.2, -0.15) is 0 Å². The van der Waals surface area contributed by atoms with Crippen molar-refractivity contribution in [1.29, 1.82) is 0 Å². The molecule has 0 saturated heterocycles. The summed E-state index contributed by atoms with van der Waals surface area (Å²) in [5.41, 5.74) is 1.53. The largest absolute Gasteiger partial charge is 0.0625 e. The smallest absolute Gasteiger partial charge is 0.0159 e. The Morgan fingerprint density at radius 2 is 1.61 bits per heavy atom. The molecule has 0 N–H and O–H groups in total.